The third-order valence-corrected chi connectivity index (χ3v) is 5.10. The van der Waals surface area contributed by atoms with E-state index in [9.17, 15) is 0 Å². The predicted octanol–water partition coefficient (Wildman–Crippen LogP) is 2.10. The van der Waals surface area contributed by atoms with Gasteiger partial charge in [0.15, 0.2) is 5.96 Å². The van der Waals surface area contributed by atoms with Gasteiger partial charge in [-0.15, -0.1) is 0 Å². The van der Waals surface area contributed by atoms with Gasteiger partial charge in [0.2, 0.25) is 0 Å². The van der Waals surface area contributed by atoms with Gasteiger partial charge in [0.05, 0.1) is 19.7 Å². The predicted molar refractivity (Wildman–Crippen MR) is 117 cm³/mol. The summed E-state index contributed by atoms with van der Waals surface area (Å²) >= 11 is 0. The number of aromatic nitrogens is 2. The molecular weight excluding hydrogens is 364 g/mol. The summed E-state index contributed by atoms with van der Waals surface area (Å²) in [5.41, 5.74) is 2.47. The maximum atomic E-state index is 5.25. The van der Waals surface area contributed by atoms with E-state index in [2.05, 4.69) is 51.8 Å². The van der Waals surface area contributed by atoms with Crippen molar-refractivity contribution in [1.29, 1.82) is 0 Å². The van der Waals surface area contributed by atoms with Crippen LogP contribution in [0.2, 0.25) is 0 Å². The molecule has 158 valence electrons. The lowest BCUT2D eigenvalue weighted by atomic mass is 10.1. The molecule has 1 aromatic carbocycles. The molecule has 0 aliphatic heterocycles. The van der Waals surface area contributed by atoms with Crippen molar-refractivity contribution in [3.8, 4) is 0 Å². The minimum absolute atomic E-state index is 0.642. The Hall–Kier alpha value is -2.38. The lowest BCUT2D eigenvalue weighted by Crippen LogP contribution is -2.42. The number of aliphatic imine (C=N–C) groups is 1. The van der Waals surface area contributed by atoms with Crippen LogP contribution < -0.4 is 10.6 Å². The number of nitrogens with one attached hydrogen (secondary N) is 2. The van der Waals surface area contributed by atoms with Crippen LogP contribution >= 0.6 is 0 Å². The maximum absolute atomic E-state index is 5.25. The van der Waals surface area contributed by atoms with Crippen molar-refractivity contribution >= 4 is 5.96 Å². The van der Waals surface area contributed by atoms with Crippen LogP contribution in [-0.4, -0.2) is 66.6 Å². The van der Waals surface area contributed by atoms with Crippen LogP contribution in [0.3, 0.4) is 0 Å². The molecule has 7 heteroatoms. The van der Waals surface area contributed by atoms with Crippen LogP contribution in [0.25, 0.3) is 0 Å². The Morgan fingerprint density at radius 2 is 2.03 bits per heavy atom. The van der Waals surface area contributed by atoms with Crippen LogP contribution in [-0.2, 0) is 17.8 Å². The summed E-state index contributed by atoms with van der Waals surface area (Å²) in [7, 11) is 1.77. The largest absolute Gasteiger partial charge is 0.383 e. The minimum atomic E-state index is 0.642. The Bertz CT molecular complexity index is 742. The summed E-state index contributed by atoms with van der Waals surface area (Å²) in [6.07, 6.45) is 6.42. The Morgan fingerprint density at radius 1 is 1.21 bits per heavy atom. The first-order valence-corrected chi connectivity index (χ1v) is 10.6. The number of hydrogen-bond donors (Lipinski definition) is 2. The lowest BCUT2D eigenvalue weighted by molar-refractivity contribution is 0.144. The molecule has 2 N–H and O–H groups in total. The molecule has 2 aromatic rings. The average molecular weight is 399 g/mol. The number of benzene rings is 1. The zero-order valence-electron chi connectivity index (χ0n) is 17.7. The second kappa shape index (κ2) is 11.6. The highest BCUT2D eigenvalue weighted by atomic mass is 16.5. The maximum Gasteiger partial charge on any atom is 0.191 e. The van der Waals surface area contributed by atoms with E-state index in [1.807, 2.05) is 23.1 Å². The fourth-order valence-corrected chi connectivity index (χ4v) is 3.38. The standard InChI is InChI=1S/C22H34N6O/c1-3-23-22(24-12-14-27(15-16-29-2)21-9-10-21)25-17-19-7-4-5-8-20(19)18-28-13-6-11-26-28/h4-8,11,13,21H,3,9-10,12,14-18H2,1-2H3,(H2,23,24,25). The Kier molecular flexibility index (Phi) is 8.52. The Labute approximate surface area is 174 Å². The van der Waals surface area contributed by atoms with Gasteiger partial charge in [0.1, 0.15) is 0 Å². The van der Waals surface area contributed by atoms with E-state index in [4.69, 9.17) is 9.73 Å². The molecular formula is C22H34N6O. The lowest BCUT2D eigenvalue weighted by Gasteiger charge is -2.22. The van der Waals surface area contributed by atoms with Crippen molar-refractivity contribution in [2.75, 3.05) is 39.9 Å². The third-order valence-electron chi connectivity index (χ3n) is 5.10. The Balaban J connectivity index is 1.55. The highest BCUT2D eigenvalue weighted by Crippen LogP contribution is 2.25. The van der Waals surface area contributed by atoms with Gasteiger partial charge in [-0.05, 0) is 37.0 Å². The smallest absolute Gasteiger partial charge is 0.191 e. The number of methoxy groups -OCH3 is 1. The van der Waals surface area contributed by atoms with Crippen molar-refractivity contribution in [3.63, 3.8) is 0 Å². The van der Waals surface area contributed by atoms with Crippen molar-refractivity contribution in [3.05, 3.63) is 53.9 Å². The number of guanidine groups is 1. The first-order chi connectivity index (χ1) is 14.3. The normalized spacial score (nSPS) is 14.4. The topological polar surface area (TPSA) is 66.7 Å². The van der Waals surface area contributed by atoms with Crippen molar-refractivity contribution in [2.24, 2.45) is 4.99 Å². The number of ether oxygens (including phenoxy) is 1. The highest BCUT2D eigenvalue weighted by molar-refractivity contribution is 5.79. The van der Waals surface area contributed by atoms with Crippen LogP contribution in [0.1, 0.15) is 30.9 Å². The van der Waals surface area contributed by atoms with E-state index in [0.29, 0.717) is 6.54 Å². The van der Waals surface area contributed by atoms with Crippen molar-refractivity contribution in [1.82, 2.24) is 25.3 Å². The van der Waals surface area contributed by atoms with E-state index in [1.54, 1.807) is 7.11 Å². The van der Waals surface area contributed by atoms with Crippen LogP contribution in [0, 0.1) is 0 Å². The van der Waals surface area contributed by atoms with Gasteiger partial charge in [-0.1, -0.05) is 24.3 Å². The summed E-state index contributed by atoms with van der Waals surface area (Å²) in [4.78, 5) is 7.33. The fourth-order valence-electron chi connectivity index (χ4n) is 3.38. The Morgan fingerprint density at radius 3 is 2.72 bits per heavy atom. The molecule has 1 aliphatic rings. The summed E-state index contributed by atoms with van der Waals surface area (Å²) in [5, 5.41) is 11.2. The number of rotatable bonds is 12. The zero-order valence-corrected chi connectivity index (χ0v) is 17.7. The van der Waals surface area contributed by atoms with Gasteiger partial charge in [-0.3, -0.25) is 9.58 Å². The first kappa shape index (κ1) is 21.3. The molecule has 0 saturated heterocycles. The average Bonchev–Trinajstić information content (AvgIpc) is 3.46. The molecule has 0 spiro atoms. The van der Waals surface area contributed by atoms with E-state index in [1.165, 1.54) is 24.0 Å². The molecule has 1 fully saturated rings. The molecule has 1 aromatic heterocycles. The SMILES string of the molecule is CCNC(=NCc1ccccc1Cn1cccn1)NCCN(CCOC)C1CC1. The van der Waals surface area contributed by atoms with E-state index >= 15 is 0 Å². The summed E-state index contributed by atoms with van der Waals surface area (Å²) < 4.78 is 7.19. The van der Waals surface area contributed by atoms with Gasteiger partial charge in [-0.25, -0.2) is 4.99 Å². The summed E-state index contributed by atoms with van der Waals surface area (Å²) in [5.74, 6) is 0.865. The molecule has 29 heavy (non-hydrogen) atoms. The van der Waals surface area contributed by atoms with Crippen LogP contribution in [0.15, 0.2) is 47.7 Å². The number of nitrogens with zero attached hydrogens (tertiary/aromatic N) is 4. The molecule has 1 saturated carbocycles. The zero-order chi connectivity index (χ0) is 20.3. The minimum Gasteiger partial charge on any atom is -0.383 e. The molecule has 0 atom stereocenters. The quantitative estimate of drug-likeness (QED) is 0.423. The first-order valence-electron chi connectivity index (χ1n) is 10.6. The van der Waals surface area contributed by atoms with Crippen LogP contribution in [0.4, 0.5) is 0 Å². The molecule has 1 heterocycles. The van der Waals surface area contributed by atoms with E-state index in [0.717, 1.165) is 51.3 Å². The second-order valence-electron chi connectivity index (χ2n) is 7.35. The van der Waals surface area contributed by atoms with Gasteiger partial charge in [0.25, 0.3) is 0 Å². The molecule has 0 amide bonds. The number of hydrogen-bond acceptors (Lipinski definition) is 4. The van der Waals surface area contributed by atoms with Crippen molar-refractivity contribution in [2.45, 2.75) is 38.9 Å². The second-order valence-corrected chi connectivity index (χ2v) is 7.35. The fraction of sp³-hybridized carbons (Fsp3) is 0.545. The summed E-state index contributed by atoms with van der Waals surface area (Å²) in [6.45, 7) is 8.01. The molecule has 7 nitrogen and oxygen atoms in total. The van der Waals surface area contributed by atoms with Gasteiger partial charge >= 0.3 is 0 Å². The van der Waals surface area contributed by atoms with Gasteiger partial charge < -0.3 is 15.4 Å². The van der Waals surface area contributed by atoms with Crippen molar-refractivity contribution < 1.29 is 4.74 Å². The third kappa shape index (κ3) is 7.18. The summed E-state index contributed by atoms with van der Waals surface area (Å²) in [6, 6.07) is 11.1. The van der Waals surface area contributed by atoms with Crippen LogP contribution in [0.5, 0.6) is 0 Å². The molecule has 0 radical (unpaired) electrons. The van der Waals surface area contributed by atoms with E-state index in [-0.39, 0.29) is 0 Å². The van der Waals surface area contributed by atoms with Gasteiger partial charge in [0, 0.05) is 51.7 Å². The van der Waals surface area contributed by atoms with E-state index < -0.39 is 0 Å². The molecule has 0 unspecified atom stereocenters. The molecule has 0 bridgehead atoms. The molecule has 3 rings (SSSR count). The highest BCUT2D eigenvalue weighted by Gasteiger charge is 2.28. The monoisotopic (exact) mass is 398 g/mol. The van der Waals surface area contributed by atoms with Gasteiger partial charge in [-0.2, -0.15) is 5.10 Å². The molecule has 1 aliphatic carbocycles.